The van der Waals surface area contributed by atoms with Gasteiger partial charge in [0.05, 0.1) is 6.61 Å². The molecule has 0 aliphatic carbocycles. The number of esters is 1. The largest absolute Gasteiger partial charge is 0.466 e. The third-order valence-electron chi connectivity index (χ3n) is 2.03. The Morgan fingerprint density at radius 3 is 2.67 bits per heavy atom. The van der Waals surface area contributed by atoms with Crippen LogP contribution in [0.25, 0.3) is 0 Å². The fourth-order valence-electron chi connectivity index (χ4n) is 1.15. The Hall–Kier alpha value is -0.790. The van der Waals surface area contributed by atoms with Crippen molar-refractivity contribution in [2.45, 2.75) is 52.9 Å². The van der Waals surface area contributed by atoms with Gasteiger partial charge in [-0.05, 0) is 25.2 Å². The summed E-state index contributed by atoms with van der Waals surface area (Å²) in [7, 11) is 0. The molecule has 0 aromatic heterocycles. The normalized spacial score (nSPS) is 11.2. The number of hydrogen-bond donors (Lipinski definition) is 0. The summed E-state index contributed by atoms with van der Waals surface area (Å²) >= 11 is 0. The Kier molecular flexibility index (Phi) is 9.24. The standard InChI is InChI=1S/C13H24O2/c1-4-5-10-13(14)15-11-8-6-7-9-12(2)3/h7,9,12H,4-6,8,10-11H2,1-3H3/b9-7+. The molecule has 0 aliphatic heterocycles. The molecular weight excluding hydrogens is 188 g/mol. The van der Waals surface area contributed by atoms with Crippen LogP contribution in [-0.2, 0) is 9.53 Å². The zero-order chi connectivity index (χ0) is 11.5. The molecule has 2 nitrogen and oxygen atoms in total. The van der Waals surface area contributed by atoms with Crippen LogP contribution >= 0.6 is 0 Å². The Bertz CT molecular complexity index is 183. The summed E-state index contributed by atoms with van der Waals surface area (Å²) in [6.45, 7) is 6.94. The smallest absolute Gasteiger partial charge is 0.305 e. The number of carbonyl (C=O) groups excluding carboxylic acids is 1. The minimum absolute atomic E-state index is 0.0512. The predicted molar refractivity (Wildman–Crippen MR) is 63.7 cm³/mol. The van der Waals surface area contributed by atoms with Gasteiger partial charge in [-0.2, -0.15) is 0 Å². The van der Waals surface area contributed by atoms with E-state index >= 15 is 0 Å². The minimum Gasteiger partial charge on any atom is -0.466 e. The highest BCUT2D eigenvalue weighted by atomic mass is 16.5. The zero-order valence-electron chi connectivity index (χ0n) is 10.3. The average Bonchev–Trinajstić information content (AvgIpc) is 2.19. The summed E-state index contributed by atoms with van der Waals surface area (Å²) < 4.78 is 5.08. The highest BCUT2D eigenvalue weighted by molar-refractivity contribution is 5.69. The van der Waals surface area contributed by atoms with Gasteiger partial charge in [0.1, 0.15) is 0 Å². The molecule has 0 aromatic rings. The molecule has 15 heavy (non-hydrogen) atoms. The van der Waals surface area contributed by atoms with Gasteiger partial charge < -0.3 is 4.74 Å². The molecule has 0 bridgehead atoms. The van der Waals surface area contributed by atoms with Crippen LogP contribution in [0.5, 0.6) is 0 Å². The molecule has 0 aromatic carbocycles. The summed E-state index contributed by atoms with van der Waals surface area (Å²) in [5, 5.41) is 0. The van der Waals surface area contributed by atoms with Crippen LogP contribution in [0.15, 0.2) is 12.2 Å². The van der Waals surface area contributed by atoms with E-state index in [1.165, 1.54) is 0 Å². The molecule has 2 heteroatoms. The lowest BCUT2D eigenvalue weighted by molar-refractivity contribution is -0.143. The summed E-state index contributed by atoms with van der Waals surface area (Å²) in [5.74, 6) is 0.557. The molecule has 0 amide bonds. The molecule has 0 heterocycles. The summed E-state index contributed by atoms with van der Waals surface area (Å²) in [5.41, 5.74) is 0. The second-order valence-electron chi connectivity index (χ2n) is 4.14. The topological polar surface area (TPSA) is 26.3 Å². The van der Waals surface area contributed by atoms with Crippen LogP contribution in [0.3, 0.4) is 0 Å². The van der Waals surface area contributed by atoms with E-state index in [4.69, 9.17) is 4.74 Å². The van der Waals surface area contributed by atoms with Gasteiger partial charge in [-0.1, -0.05) is 39.3 Å². The van der Waals surface area contributed by atoms with Crippen molar-refractivity contribution in [2.24, 2.45) is 5.92 Å². The molecule has 0 fully saturated rings. The molecule has 0 atom stereocenters. The van der Waals surface area contributed by atoms with Gasteiger partial charge in [0.15, 0.2) is 0 Å². The molecule has 0 N–H and O–H groups in total. The first-order chi connectivity index (χ1) is 7.16. The SMILES string of the molecule is CCCCC(=O)OCCC/C=C/C(C)C. The van der Waals surface area contributed by atoms with Crippen molar-refractivity contribution in [3.05, 3.63) is 12.2 Å². The van der Waals surface area contributed by atoms with E-state index in [9.17, 15) is 4.79 Å². The van der Waals surface area contributed by atoms with Crippen molar-refractivity contribution in [1.82, 2.24) is 0 Å². The molecule has 0 saturated heterocycles. The van der Waals surface area contributed by atoms with E-state index in [1.54, 1.807) is 0 Å². The van der Waals surface area contributed by atoms with E-state index in [0.29, 0.717) is 18.9 Å². The van der Waals surface area contributed by atoms with E-state index in [-0.39, 0.29) is 5.97 Å². The van der Waals surface area contributed by atoms with Crippen molar-refractivity contribution in [3.8, 4) is 0 Å². The highest BCUT2D eigenvalue weighted by Crippen LogP contribution is 2.00. The van der Waals surface area contributed by atoms with E-state index in [0.717, 1.165) is 25.7 Å². The molecule has 0 rings (SSSR count). The van der Waals surface area contributed by atoms with Gasteiger partial charge in [-0.3, -0.25) is 4.79 Å². The quantitative estimate of drug-likeness (QED) is 0.348. The maximum atomic E-state index is 11.1. The Labute approximate surface area is 93.7 Å². The van der Waals surface area contributed by atoms with Crippen LogP contribution in [0.1, 0.15) is 52.9 Å². The maximum Gasteiger partial charge on any atom is 0.305 e. The van der Waals surface area contributed by atoms with Gasteiger partial charge in [-0.15, -0.1) is 0 Å². The summed E-state index contributed by atoms with van der Waals surface area (Å²) in [4.78, 5) is 11.1. The van der Waals surface area contributed by atoms with Crippen LogP contribution in [-0.4, -0.2) is 12.6 Å². The molecule has 0 spiro atoms. The van der Waals surface area contributed by atoms with Gasteiger partial charge in [0.25, 0.3) is 0 Å². The first-order valence-corrected chi connectivity index (χ1v) is 5.99. The van der Waals surface area contributed by atoms with Gasteiger partial charge in [-0.25, -0.2) is 0 Å². The van der Waals surface area contributed by atoms with Gasteiger partial charge in [0.2, 0.25) is 0 Å². The number of carbonyl (C=O) groups is 1. The number of unbranched alkanes of at least 4 members (excludes halogenated alkanes) is 2. The number of rotatable bonds is 8. The van der Waals surface area contributed by atoms with Crippen molar-refractivity contribution >= 4 is 5.97 Å². The van der Waals surface area contributed by atoms with E-state index in [2.05, 4.69) is 32.9 Å². The third-order valence-corrected chi connectivity index (χ3v) is 2.03. The Balaban J connectivity index is 3.27. The summed E-state index contributed by atoms with van der Waals surface area (Å²) in [6.07, 6.45) is 8.82. The molecule has 0 radical (unpaired) electrons. The van der Waals surface area contributed by atoms with E-state index < -0.39 is 0 Å². The second-order valence-corrected chi connectivity index (χ2v) is 4.14. The van der Waals surface area contributed by atoms with Crippen molar-refractivity contribution in [3.63, 3.8) is 0 Å². The number of hydrogen-bond acceptors (Lipinski definition) is 2. The van der Waals surface area contributed by atoms with Crippen molar-refractivity contribution < 1.29 is 9.53 Å². The Morgan fingerprint density at radius 2 is 2.07 bits per heavy atom. The number of ether oxygens (including phenoxy) is 1. The fourth-order valence-corrected chi connectivity index (χ4v) is 1.15. The second kappa shape index (κ2) is 9.75. The van der Waals surface area contributed by atoms with E-state index in [1.807, 2.05) is 0 Å². The molecule has 88 valence electrons. The first-order valence-electron chi connectivity index (χ1n) is 5.99. The molecule has 0 unspecified atom stereocenters. The van der Waals surface area contributed by atoms with Crippen molar-refractivity contribution in [1.29, 1.82) is 0 Å². The molecular formula is C13H24O2. The lowest BCUT2D eigenvalue weighted by atomic mass is 10.2. The highest BCUT2D eigenvalue weighted by Gasteiger charge is 1.99. The van der Waals surface area contributed by atoms with Crippen LogP contribution in [0, 0.1) is 5.92 Å². The van der Waals surface area contributed by atoms with Crippen LogP contribution < -0.4 is 0 Å². The van der Waals surface area contributed by atoms with Crippen LogP contribution in [0.4, 0.5) is 0 Å². The fraction of sp³-hybridized carbons (Fsp3) is 0.769. The minimum atomic E-state index is -0.0512. The average molecular weight is 212 g/mol. The zero-order valence-corrected chi connectivity index (χ0v) is 10.3. The van der Waals surface area contributed by atoms with Gasteiger partial charge >= 0.3 is 5.97 Å². The first kappa shape index (κ1) is 14.2. The Morgan fingerprint density at radius 1 is 1.33 bits per heavy atom. The summed E-state index contributed by atoms with van der Waals surface area (Å²) in [6, 6.07) is 0. The maximum absolute atomic E-state index is 11.1. The van der Waals surface area contributed by atoms with Crippen molar-refractivity contribution in [2.75, 3.05) is 6.61 Å². The number of allylic oxidation sites excluding steroid dienone is 2. The lowest BCUT2D eigenvalue weighted by Gasteiger charge is -2.02. The third kappa shape index (κ3) is 11.1. The molecule has 0 aliphatic rings. The van der Waals surface area contributed by atoms with Gasteiger partial charge in [0, 0.05) is 6.42 Å². The lowest BCUT2D eigenvalue weighted by Crippen LogP contribution is -2.05. The van der Waals surface area contributed by atoms with Crippen LogP contribution in [0.2, 0.25) is 0 Å². The predicted octanol–water partition coefficient (Wildman–Crippen LogP) is 3.71. The molecule has 0 saturated carbocycles. The monoisotopic (exact) mass is 212 g/mol.